The number of hydrogen-bond acceptors (Lipinski definition) is 4. The number of benzene rings is 1. The molecule has 0 heterocycles. The van der Waals surface area contributed by atoms with Gasteiger partial charge in [-0.15, -0.1) is 0 Å². The van der Waals surface area contributed by atoms with Crippen LogP contribution in [0.1, 0.15) is 20.3 Å². The summed E-state index contributed by atoms with van der Waals surface area (Å²) in [7, 11) is -4.06. The molecule has 0 spiro atoms. The third kappa shape index (κ3) is 3.91. The van der Waals surface area contributed by atoms with Gasteiger partial charge in [0.15, 0.2) is 0 Å². The van der Waals surface area contributed by atoms with Crippen LogP contribution in [-0.2, 0) is 14.8 Å². The van der Waals surface area contributed by atoms with Crippen LogP contribution in [0, 0.1) is 5.82 Å². The summed E-state index contributed by atoms with van der Waals surface area (Å²) >= 11 is 0. The molecular formula is C12H18FN3O3S. The molecule has 0 saturated carbocycles. The van der Waals surface area contributed by atoms with Crippen molar-refractivity contribution < 1.29 is 17.6 Å². The van der Waals surface area contributed by atoms with E-state index in [0.29, 0.717) is 6.54 Å². The molecular weight excluding hydrogens is 285 g/mol. The van der Waals surface area contributed by atoms with Gasteiger partial charge in [0.1, 0.15) is 10.7 Å². The molecule has 1 amide bonds. The normalized spacial score (nSPS) is 12.9. The second-order valence-electron chi connectivity index (χ2n) is 4.29. The summed E-state index contributed by atoms with van der Waals surface area (Å²) < 4.78 is 39.6. The standard InChI is InChI=1S/C12H18FN3O3S/c1-3-7-15-12(17)8(2)16-20(18,19)10-6-4-5-9(13)11(10)14/h4-6,8,16H,3,7,14H2,1-2H3,(H,15,17). The molecule has 0 fully saturated rings. The maximum Gasteiger partial charge on any atom is 0.243 e. The monoisotopic (exact) mass is 303 g/mol. The van der Waals surface area contributed by atoms with Crippen molar-refractivity contribution in [1.82, 2.24) is 10.0 Å². The lowest BCUT2D eigenvalue weighted by atomic mass is 10.3. The molecule has 8 heteroatoms. The summed E-state index contributed by atoms with van der Waals surface area (Å²) in [6.07, 6.45) is 0.738. The second-order valence-corrected chi connectivity index (χ2v) is 5.97. The number of hydrogen-bond donors (Lipinski definition) is 3. The van der Waals surface area contributed by atoms with E-state index in [1.807, 2.05) is 6.92 Å². The van der Waals surface area contributed by atoms with E-state index in [1.54, 1.807) is 0 Å². The number of nitrogens with two attached hydrogens (primary N) is 1. The Labute approximate surface area is 117 Å². The summed E-state index contributed by atoms with van der Waals surface area (Å²) in [5.74, 6) is -1.28. The van der Waals surface area contributed by atoms with E-state index in [0.717, 1.165) is 12.5 Å². The minimum absolute atomic E-state index is 0.382. The largest absolute Gasteiger partial charge is 0.395 e. The molecule has 0 aliphatic rings. The molecule has 6 nitrogen and oxygen atoms in total. The number of carbonyl (C=O) groups is 1. The first-order valence-corrected chi connectivity index (χ1v) is 7.62. The number of amides is 1. The van der Waals surface area contributed by atoms with Crippen molar-refractivity contribution in [3.63, 3.8) is 0 Å². The fourth-order valence-electron chi connectivity index (χ4n) is 1.50. The smallest absolute Gasteiger partial charge is 0.243 e. The van der Waals surface area contributed by atoms with Crippen LogP contribution in [0.4, 0.5) is 10.1 Å². The van der Waals surface area contributed by atoms with E-state index in [-0.39, 0.29) is 4.90 Å². The van der Waals surface area contributed by atoms with Crippen LogP contribution in [0.3, 0.4) is 0 Å². The van der Waals surface area contributed by atoms with E-state index in [9.17, 15) is 17.6 Å². The van der Waals surface area contributed by atoms with Crippen molar-refractivity contribution in [2.45, 2.75) is 31.2 Å². The molecule has 20 heavy (non-hydrogen) atoms. The molecule has 1 unspecified atom stereocenters. The molecule has 1 aromatic carbocycles. The van der Waals surface area contributed by atoms with Gasteiger partial charge in [0.2, 0.25) is 15.9 Å². The Hall–Kier alpha value is -1.67. The molecule has 0 bridgehead atoms. The Balaban J connectivity index is 2.90. The molecule has 0 saturated heterocycles. The second kappa shape index (κ2) is 6.67. The zero-order chi connectivity index (χ0) is 15.3. The summed E-state index contributed by atoms with van der Waals surface area (Å²) in [5, 5.41) is 2.56. The highest BCUT2D eigenvalue weighted by molar-refractivity contribution is 7.89. The van der Waals surface area contributed by atoms with Crippen LogP contribution in [-0.4, -0.2) is 26.9 Å². The lowest BCUT2D eigenvalue weighted by molar-refractivity contribution is -0.122. The van der Waals surface area contributed by atoms with E-state index < -0.39 is 33.5 Å². The molecule has 0 aromatic heterocycles. The lowest BCUT2D eigenvalue weighted by Gasteiger charge is -2.15. The number of rotatable bonds is 6. The molecule has 0 aliphatic carbocycles. The van der Waals surface area contributed by atoms with E-state index in [2.05, 4.69) is 10.0 Å². The van der Waals surface area contributed by atoms with Crippen molar-refractivity contribution in [3.8, 4) is 0 Å². The number of halogens is 1. The third-order valence-corrected chi connectivity index (χ3v) is 4.18. The van der Waals surface area contributed by atoms with E-state index in [1.165, 1.54) is 19.1 Å². The van der Waals surface area contributed by atoms with Crippen LogP contribution in [0.2, 0.25) is 0 Å². The maximum absolute atomic E-state index is 13.3. The Bertz CT molecular complexity index is 590. The number of sulfonamides is 1. The fourth-order valence-corrected chi connectivity index (χ4v) is 2.85. The minimum Gasteiger partial charge on any atom is -0.395 e. The number of para-hydroxylation sites is 1. The zero-order valence-corrected chi connectivity index (χ0v) is 12.1. The van der Waals surface area contributed by atoms with Crippen LogP contribution >= 0.6 is 0 Å². The summed E-state index contributed by atoms with van der Waals surface area (Å²) in [4.78, 5) is 11.2. The van der Waals surface area contributed by atoms with Gasteiger partial charge < -0.3 is 11.1 Å². The number of anilines is 1. The van der Waals surface area contributed by atoms with Crippen molar-refractivity contribution in [2.75, 3.05) is 12.3 Å². The SMILES string of the molecule is CCCNC(=O)C(C)NS(=O)(=O)c1cccc(F)c1N. The molecule has 1 aromatic rings. The first kappa shape index (κ1) is 16.4. The van der Waals surface area contributed by atoms with Gasteiger partial charge in [-0.05, 0) is 25.5 Å². The van der Waals surface area contributed by atoms with Crippen LogP contribution in [0.5, 0.6) is 0 Å². The van der Waals surface area contributed by atoms with Gasteiger partial charge >= 0.3 is 0 Å². The molecule has 0 aliphatic heterocycles. The number of carbonyl (C=O) groups excluding carboxylic acids is 1. The van der Waals surface area contributed by atoms with Crippen LogP contribution in [0.15, 0.2) is 23.1 Å². The Morgan fingerprint density at radius 2 is 2.10 bits per heavy atom. The first-order chi connectivity index (χ1) is 9.29. The topological polar surface area (TPSA) is 101 Å². The highest BCUT2D eigenvalue weighted by Gasteiger charge is 2.24. The zero-order valence-electron chi connectivity index (χ0n) is 11.3. The predicted molar refractivity (Wildman–Crippen MR) is 73.9 cm³/mol. The van der Waals surface area contributed by atoms with Gasteiger partial charge in [-0.1, -0.05) is 13.0 Å². The Morgan fingerprint density at radius 3 is 2.70 bits per heavy atom. The Kier molecular flexibility index (Phi) is 5.46. The van der Waals surface area contributed by atoms with E-state index >= 15 is 0 Å². The summed E-state index contributed by atoms with van der Waals surface area (Å²) in [6, 6.07) is 2.50. The average molecular weight is 303 g/mol. The lowest BCUT2D eigenvalue weighted by Crippen LogP contribution is -2.45. The minimum atomic E-state index is -4.06. The fraction of sp³-hybridized carbons (Fsp3) is 0.417. The molecule has 1 atom stereocenters. The Morgan fingerprint density at radius 1 is 1.45 bits per heavy atom. The van der Waals surface area contributed by atoms with Gasteiger partial charge in [0.05, 0.1) is 11.7 Å². The highest BCUT2D eigenvalue weighted by atomic mass is 32.2. The van der Waals surface area contributed by atoms with Gasteiger partial charge in [-0.25, -0.2) is 12.8 Å². The van der Waals surface area contributed by atoms with Crippen LogP contribution in [0.25, 0.3) is 0 Å². The van der Waals surface area contributed by atoms with Crippen LogP contribution < -0.4 is 15.8 Å². The maximum atomic E-state index is 13.3. The van der Waals surface area contributed by atoms with Crippen molar-refractivity contribution in [3.05, 3.63) is 24.0 Å². The quantitative estimate of drug-likeness (QED) is 0.670. The highest BCUT2D eigenvalue weighted by Crippen LogP contribution is 2.20. The third-order valence-electron chi connectivity index (χ3n) is 2.58. The van der Waals surface area contributed by atoms with Crippen molar-refractivity contribution >= 4 is 21.6 Å². The van der Waals surface area contributed by atoms with Gasteiger partial charge in [0, 0.05) is 6.54 Å². The van der Waals surface area contributed by atoms with E-state index in [4.69, 9.17) is 5.73 Å². The molecule has 112 valence electrons. The molecule has 1 rings (SSSR count). The summed E-state index contributed by atoms with van der Waals surface area (Å²) in [5.41, 5.74) is 4.93. The van der Waals surface area contributed by atoms with Gasteiger partial charge in [-0.3, -0.25) is 4.79 Å². The van der Waals surface area contributed by atoms with Gasteiger partial charge in [-0.2, -0.15) is 4.72 Å². The number of nitrogen functional groups attached to an aromatic ring is 1. The summed E-state index contributed by atoms with van der Waals surface area (Å²) in [6.45, 7) is 3.73. The molecule has 4 N–H and O–H groups in total. The molecule has 0 radical (unpaired) electrons. The van der Waals surface area contributed by atoms with Crippen molar-refractivity contribution in [1.29, 1.82) is 0 Å². The number of nitrogens with one attached hydrogen (secondary N) is 2. The van der Waals surface area contributed by atoms with Gasteiger partial charge in [0.25, 0.3) is 0 Å². The average Bonchev–Trinajstić information content (AvgIpc) is 2.38. The first-order valence-electron chi connectivity index (χ1n) is 6.13. The van der Waals surface area contributed by atoms with Crippen molar-refractivity contribution in [2.24, 2.45) is 0 Å². The predicted octanol–water partition coefficient (Wildman–Crippen LogP) is 0.601.